The molecule has 18 heavy (non-hydrogen) atoms. The summed E-state index contributed by atoms with van der Waals surface area (Å²) in [5, 5.41) is 2.82. The lowest BCUT2D eigenvalue weighted by molar-refractivity contribution is 0.553. The molecular formula is C13H14BrClN2S. The van der Waals surface area contributed by atoms with Crippen LogP contribution in [0.3, 0.4) is 0 Å². The summed E-state index contributed by atoms with van der Waals surface area (Å²) in [6.45, 7) is 2.07. The minimum absolute atomic E-state index is 0.0780. The third-order valence-corrected chi connectivity index (χ3v) is 4.80. The molecule has 0 aliphatic rings. The fourth-order valence-corrected chi connectivity index (χ4v) is 3.59. The molecule has 2 aromatic rings. The van der Waals surface area contributed by atoms with Gasteiger partial charge in [-0.2, -0.15) is 0 Å². The van der Waals surface area contributed by atoms with Gasteiger partial charge in [0.05, 0.1) is 6.04 Å². The average molecular weight is 346 g/mol. The van der Waals surface area contributed by atoms with Crippen LogP contribution >= 0.6 is 38.9 Å². The van der Waals surface area contributed by atoms with Gasteiger partial charge in [0, 0.05) is 26.2 Å². The summed E-state index contributed by atoms with van der Waals surface area (Å²) in [7, 11) is 0. The zero-order valence-corrected chi connectivity index (χ0v) is 13.1. The lowest BCUT2D eigenvalue weighted by Gasteiger charge is -2.18. The molecule has 1 aromatic carbocycles. The Morgan fingerprint density at radius 3 is 2.83 bits per heavy atom. The topological polar surface area (TPSA) is 38.0 Å². The summed E-state index contributed by atoms with van der Waals surface area (Å²) < 4.78 is 1.11. The highest BCUT2D eigenvalue weighted by atomic mass is 79.9. The van der Waals surface area contributed by atoms with Gasteiger partial charge in [0.1, 0.15) is 0 Å². The van der Waals surface area contributed by atoms with Crippen LogP contribution in [0.2, 0.25) is 5.02 Å². The molecule has 0 aliphatic carbocycles. The second-order valence-corrected chi connectivity index (χ2v) is 6.50. The van der Waals surface area contributed by atoms with Crippen molar-refractivity contribution in [1.82, 2.24) is 5.43 Å². The summed E-state index contributed by atoms with van der Waals surface area (Å²) in [6, 6.07) is 8.09. The van der Waals surface area contributed by atoms with Gasteiger partial charge in [-0.3, -0.25) is 11.3 Å². The number of thiophene rings is 1. The van der Waals surface area contributed by atoms with Gasteiger partial charge in [-0.05, 0) is 52.2 Å². The third-order valence-electron chi connectivity index (χ3n) is 2.84. The Kier molecular flexibility index (Phi) is 4.81. The molecule has 2 rings (SSSR count). The monoisotopic (exact) mass is 344 g/mol. The van der Waals surface area contributed by atoms with Crippen LogP contribution in [0.5, 0.6) is 0 Å². The van der Waals surface area contributed by atoms with E-state index < -0.39 is 0 Å². The second-order valence-electron chi connectivity index (χ2n) is 4.16. The summed E-state index contributed by atoms with van der Waals surface area (Å²) in [6.07, 6.45) is 0.855. The van der Waals surface area contributed by atoms with Gasteiger partial charge in [-0.1, -0.05) is 17.7 Å². The SMILES string of the molecule is Cc1ccc(Cl)cc1C(Cc1cc(Br)cs1)NN. The van der Waals surface area contributed by atoms with Gasteiger partial charge >= 0.3 is 0 Å². The van der Waals surface area contributed by atoms with E-state index in [9.17, 15) is 0 Å². The standard InChI is InChI=1S/C13H14BrClN2S/c1-8-2-3-10(15)5-12(8)13(17-16)6-11-4-9(14)7-18-11/h2-5,7,13,17H,6,16H2,1H3. The minimum Gasteiger partial charge on any atom is -0.271 e. The molecule has 0 aliphatic heterocycles. The van der Waals surface area contributed by atoms with Crippen LogP contribution in [0.25, 0.3) is 0 Å². The zero-order chi connectivity index (χ0) is 13.1. The molecule has 5 heteroatoms. The van der Waals surface area contributed by atoms with Crippen molar-refractivity contribution in [2.75, 3.05) is 0 Å². The summed E-state index contributed by atoms with van der Waals surface area (Å²) in [5.74, 6) is 5.68. The van der Waals surface area contributed by atoms with Crippen LogP contribution in [0.1, 0.15) is 22.0 Å². The van der Waals surface area contributed by atoms with E-state index in [2.05, 4.69) is 39.7 Å². The number of halogens is 2. The average Bonchev–Trinajstić information content (AvgIpc) is 2.75. The van der Waals surface area contributed by atoms with Crippen molar-refractivity contribution in [1.29, 1.82) is 0 Å². The molecule has 1 aromatic heterocycles. The Balaban J connectivity index is 2.25. The Morgan fingerprint density at radius 2 is 2.22 bits per heavy atom. The summed E-state index contributed by atoms with van der Waals surface area (Å²) >= 11 is 11.2. The van der Waals surface area contributed by atoms with Gasteiger partial charge in [0.2, 0.25) is 0 Å². The molecule has 3 N–H and O–H groups in total. The fourth-order valence-electron chi connectivity index (χ4n) is 1.91. The van der Waals surface area contributed by atoms with Crippen molar-refractivity contribution in [2.45, 2.75) is 19.4 Å². The van der Waals surface area contributed by atoms with Crippen molar-refractivity contribution >= 4 is 38.9 Å². The maximum absolute atomic E-state index is 6.05. The molecule has 1 atom stereocenters. The van der Waals surface area contributed by atoms with Crippen molar-refractivity contribution < 1.29 is 0 Å². The number of aryl methyl sites for hydroxylation is 1. The number of benzene rings is 1. The molecule has 1 heterocycles. The molecule has 0 amide bonds. The van der Waals surface area contributed by atoms with E-state index in [-0.39, 0.29) is 6.04 Å². The van der Waals surface area contributed by atoms with Gasteiger partial charge in [-0.25, -0.2) is 0 Å². The summed E-state index contributed by atoms with van der Waals surface area (Å²) in [5.41, 5.74) is 5.22. The van der Waals surface area contributed by atoms with E-state index >= 15 is 0 Å². The Bertz CT molecular complexity index is 542. The smallest absolute Gasteiger partial charge is 0.0511 e. The predicted molar refractivity (Wildman–Crippen MR) is 82.0 cm³/mol. The lowest BCUT2D eigenvalue weighted by Crippen LogP contribution is -2.29. The lowest BCUT2D eigenvalue weighted by atomic mass is 9.99. The second kappa shape index (κ2) is 6.17. The number of nitrogens with two attached hydrogens (primary N) is 1. The largest absolute Gasteiger partial charge is 0.271 e. The van der Waals surface area contributed by atoms with Crippen molar-refractivity contribution in [3.63, 3.8) is 0 Å². The Morgan fingerprint density at radius 1 is 1.44 bits per heavy atom. The normalized spacial score (nSPS) is 12.7. The van der Waals surface area contributed by atoms with E-state index in [0.717, 1.165) is 21.5 Å². The van der Waals surface area contributed by atoms with Crippen molar-refractivity contribution in [3.8, 4) is 0 Å². The molecule has 0 spiro atoms. The van der Waals surface area contributed by atoms with Crippen LogP contribution in [-0.4, -0.2) is 0 Å². The first-order valence-corrected chi connectivity index (χ1v) is 7.60. The fraction of sp³-hybridized carbons (Fsp3) is 0.231. The van der Waals surface area contributed by atoms with Crippen LogP contribution in [0, 0.1) is 6.92 Å². The van der Waals surface area contributed by atoms with Crippen LogP contribution in [-0.2, 0) is 6.42 Å². The predicted octanol–water partition coefficient (Wildman–Crippen LogP) is 4.22. The third kappa shape index (κ3) is 3.33. The molecule has 2 nitrogen and oxygen atoms in total. The molecule has 0 saturated carbocycles. The van der Waals surface area contributed by atoms with Crippen LogP contribution in [0.15, 0.2) is 34.1 Å². The molecule has 1 unspecified atom stereocenters. The quantitative estimate of drug-likeness (QED) is 0.643. The van der Waals surface area contributed by atoms with Gasteiger partial charge in [0.25, 0.3) is 0 Å². The Hall–Kier alpha value is -0.390. The first-order chi connectivity index (χ1) is 8.60. The first kappa shape index (κ1) is 14.0. The number of hydrogen-bond acceptors (Lipinski definition) is 3. The Labute approximate surface area is 124 Å². The van der Waals surface area contributed by atoms with E-state index in [1.165, 1.54) is 10.4 Å². The van der Waals surface area contributed by atoms with Gasteiger partial charge in [0.15, 0.2) is 0 Å². The summed E-state index contributed by atoms with van der Waals surface area (Å²) in [4.78, 5) is 1.28. The van der Waals surface area contributed by atoms with Gasteiger partial charge < -0.3 is 0 Å². The van der Waals surface area contributed by atoms with Crippen molar-refractivity contribution in [2.24, 2.45) is 5.84 Å². The number of rotatable bonds is 4. The highest BCUT2D eigenvalue weighted by molar-refractivity contribution is 9.10. The highest BCUT2D eigenvalue weighted by Crippen LogP contribution is 2.28. The van der Waals surface area contributed by atoms with E-state index in [1.807, 2.05) is 18.2 Å². The van der Waals surface area contributed by atoms with Gasteiger partial charge in [-0.15, -0.1) is 11.3 Å². The van der Waals surface area contributed by atoms with E-state index in [4.69, 9.17) is 17.4 Å². The maximum Gasteiger partial charge on any atom is 0.0511 e. The van der Waals surface area contributed by atoms with Crippen LogP contribution < -0.4 is 11.3 Å². The maximum atomic E-state index is 6.05. The molecule has 0 fully saturated rings. The highest BCUT2D eigenvalue weighted by Gasteiger charge is 2.14. The molecular weight excluding hydrogens is 332 g/mol. The molecule has 0 radical (unpaired) electrons. The van der Waals surface area contributed by atoms with Crippen molar-refractivity contribution in [3.05, 3.63) is 55.1 Å². The zero-order valence-electron chi connectivity index (χ0n) is 9.91. The number of hydrazine groups is 1. The number of nitrogens with one attached hydrogen (secondary N) is 1. The molecule has 96 valence electrons. The van der Waals surface area contributed by atoms with E-state index in [0.29, 0.717) is 0 Å². The number of hydrogen-bond donors (Lipinski definition) is 2. The van der Waals surface area contributed by atoms with Crippen LogP contribution in [0.4, 0.5) is 0 Å². The molecule has 0 bridgehead atoms. The molecule has 0 saturated heterocycles. The minimum atomic E-state index is 0.0780. The first-order valence-electron chi connectivity index (χ1n) is 5.55. The van der Waals surface area contributed by atoms with E-state index in [1.54, 1.807) is 11.3 Å².